The first kappa shape index (κ1) is 16.0. The molecule has 1 saturated heterocycles. The minimum Gasteiger partial charge on any atom is -0.329 e. The molecule has 1 aromatic rings. The Hall–Kier alpha value is 0.1000. The van der Waals surface area contributed by atoms with E-state index in [4.69, 9.17) is 5.73 Å². The van der Waals surface area contributed by atoms with E-state index in [-0.39, 0.29) is 0 Å². The monoisotopic (exact) mass is 414 g/mol. The zero-order chi connectivity index (χ0) is 14.8. The van der Waals surface area contributed by atoms with E-state index in [2.05, 4.69) is 55.0 Å². The fraction of sp³-hybridized carbons (Fsp3) is 0.647. The van der Waals surface area contributed by atoms with Crippen molar-refractivity contribution in [3.63, 3.8) is 0 Å². The molecule has 1 heterocycles. The smallest absolute Gasteiger partial charge is 0.0473 e. The lowest BCUT2D eigenvalue weighted by Crippen LogP contribution is -2.40. The third-order valence-corrected chi connectivity index (χ3v) is 7.12. The van der Waals surface area contributed by atoms with Gasteiger partial charge < -0.3 is 5.73 Å². The fourth-order valence-corrected chi connectivity index (χ4v) is 4.88. The van der Waals surface area contributed by atoms with Gasteiger partial charge in [0.25, 0.3) is 0 Å². The molecule has 1 aliphatic carbocycles. The standard InChI is InChI=1S/C17H24Br2N2/c18-14-8-7-13(10-15(14)19)17(11-20)21-9-3-6-16(21)12-4-1-2-5-12/h7-8,10,12,16-17H,1-6,9,11,20H2. The number of rotatable bonds is 4. The number of halogens is 2. The van der Waals surface area contributed by atoms with Crippen LogP contribution in [-0.4, -0.2) is 24.0 Å². The van der Waals surface area contributed by atoms with Gasteiger partial charge in [0, 0.05) is 27.6 Å². The van der Waals surface area contributed by atoms with Crippen LogP contribution in [-0.2, 0) is 0 Å². The van der Waals surface area contributed by atoms with Crippen LogP contribution in [0.25, 0.3) is 0 Å². The first-order chi connectivity index (χ1) is 10.2. The van der Waals surface area contributed by atoms with Gasteiger partial charge in [-0.3, -0.25) is 4.90 Å². The molecule has 0 radical (unpaired) electrons. The molecule has 3 rings (SSSR count). The molecule has 1 saturated carbocycles. The average molecular weight is 416 g/mol. The Morgan fingerprint density at radius 1 is 1.10 bits per heavy atom. The summed E-state index contributed by atoms with van der Waals surface area (Å²) in [4.78, 5) is 2.70. The summed E-state index contributed by atoms with van der Waals surface area (Å²) in [6, 6.07) is 7.69. The van der Waals surface area contributed by atoms with Crippen molar-refractivity contribution >= 4 is 31.9 Å². The number of benzene rings is 1. The van der Waals surface area contributed by atoms with Crippen molar-refractivity contribution in [1.82, 2.24) is 4.90 Å². The highest BCUT2D eigenvalue weighted by molar-refractivity contribution is 9.13. The van der Waals surface area contributed by atoms with Gasteiger partial charge in [-0.15, -0.1) is 0 Å². The van der Waals surface area contributed by atoms with Crippen LogP contribution in [0.2, 0.25) is 0 Å². The molecule has 2 aliphatic rings. The Balaban J connectivity index is 1.82. The van der Waals surface area contributed by atoms with Crippen LogP contribution in [0.4, 0.5) is 0 Å². The van der Waals surface area contributed by atoms with Crippen LogP contribution in [0.3, 0.4) is 0 Å². The van der Waals surface area contributed by atoms with Gasteiger partial charge in [0.2, 0.25) is 0 Å². The number of nitrogens with two attached hydrogens (primary N) is 1. The summed E-state index contributed by atoms with van der Waals surface area (Å²) in [6.45, 7) is 1.91. The normalized spacial score (nSPS) is 25.6. The molecule has 2 N–H and O–H groups in total. The van der Waals surface area contributed by atoms with Crippen molar-refractivity contribution in [3.8, 4) is 0 Å². The van der Waals surface area contributed by atoms with Crippen LogP contribution >= 0.6 is 31.9 Å². The lowest BCUT2D eigenvalue weighted by atomic mass is 9.94. The Bertz CT molecular complexity index is 486. The molecular weight excluding hydrogens is 392 g/mol. The average Bonchev–Trinajstić information content (AvgIpc) is 3.14. The van der Waals surface area contributed by atoms with Crippen molar-refractivity contribution in [1.29, 1.82) is 0 Å². The summed E-state index contributed by atoms with van der Waals surface area (Å²) < 4.78 is 2.23. The maximum atomic E-state index is 6.16. The summed E-state index contributed by atoms with van der Waals surface area (Å²) in [6.07, 6.45) is 8.37. The van der Waals surface area contributed by atoms with E-state index in [1.165, 1.54) is 50.6 Å². The molecule has 1 aliphatic heterocycles. The molecule has 21 heavy (non-hydrogen) atoms. The predicted molar refractivity (Wildman–Crippen MR) is 95.3 cm³/mol. The SMILES string of the molecule is NCC(c1ccc(Br)c(Br)c1)N1CCCC1C1CCCC1. The molecule has 4 heteroatoms. The van der Waals surface area contributed by atoms with E-state index in [0.717, 1.165) is 20.9 Å². The lowest BCUT2D eigenvalue weighted by Gasteiger charge is -2.36. The van der Waals surface area contributed by atoms with Gasteiger partial charge in [-0.2, -0.15) is 0 Å². The van der Waals surface area contributed by atoms with Crippen molar-refractivity contribution in [3.05, 3.63) is 32.7 Å². The molecule has 0 spiro atoms. The van der Waals surface area contributed by atoms with E-state index in [0.29, 0.717) is 12.6 Å². The van der Waals surface area contributed by atoms with Crippen LogP contribution < -0.4 is 5.73 Å². The van der Waals surface area contributed by atoms with E-state index in [1.807, 2.05) is 0 Å². The lowest BCUT2D eigenvalue weighted by molar-refractivity contribution is 0.138. The Kier molecular flexibility index (Phi) is 5.41. The summed E-state index contributed by atoms with van der Waals surface area (Å²) >= 11 is 7.19. The second-order valence-corrected chi connectivity index (χ2v) is 8.13. The predicted octanol–water partition coefficient (Wildman–Crippen LogP) is 4.87. The summed E-state index contributed by atoms with van der Waals surface area (Å²) in [5.74, 6) is 0.903. The van der Waals surface area contributed by atoms with Crippen molar-refractivity contribution in [2.75, 3.05) is 13.1 Å². The van der Waals surface area contributed by atoms with Crippen LogP contribution in [0.1, 0.15) is 50.1 Å². The largest absolute Gasteiger partial charge is 0.329 e. The van der Waals surface area contributed by atoms with Crippen LogP contribution in [0, 0.1) is 5.92 Å². The fourth-order valence-electron chi connectivity index (χ4n) is 4.23. The van der Waals surface area contributed by atoms with Crippen LogP contribution in [0.15, 0.2) is 27.1 Å². The molecule has 0 amide bonds. The van der Waals surface area contributed by atoms with Crippen molar-refractivity contribution in [2.45, 2.75) is 50.6 Å². The van der Waals surface area contributed by atoms with Gasteiger partial charge in [0.1, 0.15) is 0 Å². The van der Waals surface area contributed by atoms with Gasteiger partial charge in [-0.1, -0.05) is 18.9 Å². The van der Waals surface area contributed by atoms with E-state index in [1.54, 1.807) is 0 Å². The quantitative estimate of drug-likeness (QED) is 0.760. The molecule has 0 bridgehead atoms. The summed E-state index contributed by atoms with van der Waals surface area (Å²) in [7, 11) is 0. The Labute approximate surface area is 144 Å². The maximum Gasteiger partial charge on any atom is 0.0473 e. The topological polar surface area (TPSA) is 29.3 Å². The van der Waals surface area contributed by atoms with Crippen LogP contribution in [0.5, 0.6) is 0 Å². The number of hydrogen-bond acceptors (Lipinski definition) is 2. The van der Waals surface area contributed by atoms with Gasteiger partial charge in [-0.25, -0.2) is 0 Å². The van der Waals surface area contributed by atoms with Gasteiger partial charge in [0.05, 0.1) is 0 Å². The minimum absolute atomic E-state index is 0.363. The van der Waals surface area contributed by atoms with E-state index in [9.17, 15) is 0 Å². The molecule has 2 fully saturated rings. The molecule has 2 atom stereocenters. The highest BCUT2D eigenvalue weighted by Gasteiger charge is 2.36. The maximum absolute atomic E-state index is 6.16. The van der Waals surface area contributed by atoms with Gasteiger partial charge >= 0.3 is 0 Å². The molecule has 0 aromatic heterocycles. The van der Waals surface area contributed by atoms with E-state index >= 15 is 0 Å². The van der Waals surface area contributed by atoms with Gasteiger partial charge in [-0.05, 0) is 87.7 Å². The number of hydrogen-bond donors (Lipinski definition) is 1. The molecule has 2 unspecified atom stereocenters. The number of likely N-dealkylation sites (tertiary alicyclic amines) is 1. The first-order valence-corrected chi connectivity index (χ1v) is 9.70. The highest BCUT2D eigenvalue weighted by atomic mass is 79.9. The van der Waals surface area contributed by atoms with Crippen molar-refractivity contribution in [2.24, 2.45) is 11.7 Å². The molecule has 1 aromatic carbocycles. The Morgan fingerprint density at radius 2 is 1.86 bits per heavy atom. The third kappa shape index (κ3) is 3.39. The second kappa shape index (κ2) is 7.12. The minimum atomic E-state index is 0.363. The third-order valence-electron chi connectivity index (χ3n) is 5.24. The summed E-state index contributed by atoms with van der Waals surface area (Å²) in [5.41, 5.74) is 7.51. The molecular formula is C17H24Br2N2. The van der Waals surface area contributed by atoms with E-state index < -0.39 is 0 Å². The first-order valence-electron chi connectivity index (χ1n) is 8.11. The summed E-state index contributed by atoms with van der Waals surface area (Å²) in [5, 5.41) is 0. The molecule has 2 nitrogen and oxygen atoms in total. The Morgan fingerprint density at radius 3 is 2.52 bits per heavy atom. The molecule has 116 valence electrons. The van der Waals surface area contributed by atoms with Gasteiger partial charge in [0.15, 0.2) is 0 Å². The zero-order valence-electron chi connectivity index (χ0n) is 12.4. The second-order valence-electron chi connectivity index (χ2n) is 6.42. The number of nitrogens with zero attached hydrogens (tertiary/aromatic N) is 1. The zero-order valence-corrected chi connectivity index (χ0v) is 15.6. The highest BCUT2D eigenvalue weighted by Crippen LogP contribution is 2.39. The van der Waals surface area contributed by atoms with Crippen molar-refractivity contribution < 1.29 is 0 Å².